The number of aromatic hydroxyl groups is 1. The predicted molar refractivity (Wildman–Crippen MR) is 75.0 cm³/mol. The normalized spacial score (nSPS) is 21.2. The number of phenols is 1. The first kappa shape index (κ1) is 13.0. The first-order valence-corrected chi connectivity index (χ1v) is 6.76. The fourth-order valence-electron chi connectivity index (χ4n) is 2.48. The fraction of sp³-hybridized carbons (Fsp3) is 0.400. The zero-order valence-electron chi connectivity index (χ0n) is 11.7. The average Bonchev–Trinajstić information content (AvgIpc) is 2.75. The number of ether oxygens (including phenoxy) is 1. The minimum atomic E-state index is -0.109. The smallest absolute Gasteiger partial charge is 0.233 e. The summed E-state index contributed by atoms with van der Waals surface area (Å²) in [4.78, 5) is 16.6. The highest BCUT2D eigenvalue weighted by Gasteiger charge is 2.30. The van der Waals surface area contributed by atoms with Crippen LogP contribution in [0.5, 0.6) is 11.5 Å². The molecule has 3 rings (SSSR count). The number of hydrogen-bond donors (Lipinski definition) is 1. The third kappa shape index (κ3) is 2.14. The van der Waals surface area contributed by atoms with Crippen LogP contribution < -0.4 is 4.74 Å². The number of Topliss-reactive ketones (excluding diaryl/α,β-unsaturated/α-hetero) is 1. The number of likely N-dealkylation sites (N-methyl/N-ethyl adjacent to an activating group) is 1. The van der Waals surface area contributed by atoms with Crippen molar-refractivity contribution in [2.24, 2.45) is 0 Å². The maximum absolute atomic E-state index is 12.3. The summed E-state index contributed by atoms with van der Waals surface area (Å²) in [5.41, 5.74) is 1.14. The number of ketones is 1. The van der Waals surface area contributed by atoms with Crippen LogP contribution in [0.3, 0.4) is 0 Å². The molecule has 5 heteroatoms. The van der Waals surface area contributed by atoms with Crippen molar-refractivity contribution in [2.45, 2.75) is 6.92 Å². The van der Waals surface area contributed by atoms with Gasteiger partial charge >= 0.3 is 0 Å². The first-order valence-electron chi connectivity index (χ1n) is 6.76. The lowest BCUT2D eigenvalue weighted by Crippen LogP contribution is -2.42. The van der Waals surface area contributed by atoms with E-state index in [9.17, 15) is 9.90 Å². The lowest BCUT2D eigenvalue weighted by atomic mass is 10.1. The molecule has 2 aliphatic rings. The predicted octanol–water partition coefficient (Wildman–Crippen LogP) is 1.36. The molecular formula is C15H18N2O3. The highest BCUT2D eigenvalue weighted by molar-refractivity contribution is 6.12. The molecule has 0 spiro atoms. The highest BCUT2D eigenvalue weighted by Crippen LogP contribution is 2.38. The molecular weight excluding hydrogens is 256 g/mol. The molecule has 0 atom stereocenters. The van der Waals surface area contributed by atoms with Crippen LogP contribution in [0.1, 0.15) is 15.9 Å². The standard InChI is InChI=1S/C15H18N2O3/c1-10-12(18)4-3-11-14(19)13(20-15(10)11)9-17-7-5-16(2)6-8-17/h3-4,9,18H,5-8H2,1-2H3/b13-9-. The van der Waals surface area contributed by atoms with Crippen molar-refractivity contribution in [3.8, 4) is 11.5 Å². The monoisotopic (exact) mass is 274 g/mol. The summed E-state index contributed by atoms with van der Waals surface area (Å²) in [5.74, 6) is 0.869. The molecule has 0 bridgehead atoms. The van der Waals surface area contributed by atoms with Gasteiger partial charge < -0.3 is 19.6 Å². The largest absolute Gasteiger partial charge is 0.508 e. The number of piperazine rings is 1. The van der Waals surface area contributed by atoms with Crippen molar-refractivity contribution < 1.29 is 14.6 Å². The Bertz CT molecular complexity index is 587. The van der Waals surface area contributed by atoms with Crippen LogP contribution >= 0.6 is 0 Å². The Morgan fingerprint density at radius 2 is 1.95 bits per heavy atom. The van der Waals surface area contributed by atoms with E-state index < -0.39 is 0 Å². The van der Waals surface area contributed by atoms with Gasteiger partial charge in [0.15, 0.2) is 5.76 Å². The quantitative estimate of drug-likeness (QED) is 0.784. The molecule has 0 aliphatic carbocycles. The number of carbonyl (C=O) groups is 1. The number of rotatable bonds is 1. The van der Waals surface area contributed by atoms with Crippen LogP contribution in [0.25, 0.3) is 0 Å². The second-order valence-electron chi connectivity index (χ2n) is 5.35. The molecule has 2 heterocycles. The van der Waals surface area contributed by atoms with E-state index in [1.165, 1.54) is 6.07 Å². The SMILES string of the molecule is Cc1c(O)ccc2c1O/C(=C\N1CCN(C)CC1)C2=O. The van der Waals surface area contributed by atoms with Gasteiger partial charge in [-0.2, -0.15) is 0 Å². The minimum absolute atomic E-state index is 0.109. The molecule has 1 saturated heterocycles. The second-order valence-corrected chi connectivity index (χ2v) is 5.35. The van der Waals surface area contributed by atoms with E-state index in [0.717, 1.165) is 26.2 Å². The Balaban J connectivity index is 1.85. The van der Waals surface area contributed by atoms with Gasteiger partial charge in [-0.1, -0.05) is 0 Å². The van der Waals surface area contributed by atoms with Crippen molar-refractivity contribution in [3.63, 3.8) is 0 Å². The fourth-order valence-corrected chi connectivity index (χ4v) is 2.48. The molecule has 0 saturated carbocycles. The first-order chi connectivity index (χ1) is 9.56. The number of phenolic OH excluding ortho intramolecular Hbond substituents is 1. The Morgan fingerprint density at radius 1 is 1.25 bits per heavy atom. The van der Waals surface area contributed by atoms with Crippen LogP contribution in [-0.4, -0.2) is 53.9 Å². The van der Waals surface area contributed by atoms with Gasteiger partial charge in [-0.25, -0.2) is 0 Å². The number of carbonyl (C=O) groups excluding carboxylic acids is 1. The third-order valence-electron chi connectivity index (χ3n) is 3.90. The maximum atomic E-state index is 12.3. The van der Waals surface area contributed by atoms with Crippen molar-refractivity contribution in [1.82, 2.24) is 9.80 Å². The molecule has 0 radical (unpaired) electrons. The number of benzene rings is 1. The van der Waals surface area contributed by atoms with Crippen LogP contribution in [0, 0.1) is 6.92 Å². The molecule has 1 N–H and O–H groups in total. The number of fused-ring (bicyclic) bond motifs is 1. The van der Waals surface area contributed by atoms with Gasteiger partial charge in [0.05, 0.1) is 5.56 Å². The van der Waals surface area contributed by atoms with Gasteiger partial charge in [-0.3, -0.25) is 4.79 Å². The lowest BCUT2D eigenvalue weighted by Gasteiger charge is -2.31. The zero-order chi connectivity index (χ0) is 14.3. The highest BCUT2D eigenvalue weighted by atomic mass is 16.5. The van der Waals surface area contributed by atoms with Gasteiger partial charge in [0, 0.05) is 37.9 Å². The average molecular weight is 274 g/mol. The maximum Gasteiger partial charge on any atom is 0.233 e. The summed E-state index contributed by atoms with van der Waals surface area (Å²) in [6.45, 7) is 5.48. The zero-order valence-corrected chi connectivity index (χ0v) is 11.7. The molecule has 0 aromatic heterocycles. The van der Waals surface area contributed by atoms with Crippen LogP contribution in [0.15, 0.2) is 24.1 Å². The molecule has 5 nitrogen and oxygen atoms in total. The Kier molecular flexibility index (Phi) is 3.14. The van der Waals surface area contributed by atoms with Crippen LogP contribution in [-0.2, 0) is 0 Å². The van der Waals surface area contributed by atoms with Crippen molar-refractivity contribution in [2.75, 3.05) is 33.2 Å². The van der Waals surface area contributed by atoms with Crippen LogP contribution in [0.4, 0.5) is 0 Å². The molecule has 1 aromatic carbocycles. The van der Waals surface area contributed by atoms with E-state index in [1.807, 2.05) is 0 Å². The molecule has 106 valence electrons. The van der Waals surface area contributed by atoms with E-state index in [2.05, 4.69) is 16.8 Å². The number of hydrogen-bond acceptors (Lipinski definition) is 5. The summed E-state index contributed by atoms with van der Waals surface area (Å²) in [6, 6.07) is 3.15. The molecule has 2 aliphatic heterocycles. The Hall–Kier alpha value is -2.01. The van der Waals surface area contributed by atoms with E-state index in [1.54, 1.807) is 19.2 Å². The molecule has 0 unspecified atom stereocenters. The molecule has 1 fully saturated rings. The summed E-state index contributed by atoms with van der Waals surface area (Å²) < 4.78 is 5.66. The van der Waals surface area contributed by atoms with Gasteiger partial charge in [0.1, 0.15) is 11.5 Å². The van der Waals surface area contributed by atoms with Crippen molar-refractivity contribution >= 4 is 5.78 Å². The topological polar surface area (TPSA) is 53.0 Å². The number of allylic oxidation sites excluding steroid dienone is 1. The van der Waals surface area contributed by atoms with Gasteiger partial charge in [0.2, 0.25) is 5.78 Å². The molecule has 20 heavy (non-hydrogen) atoms. The number of nitrogens with zero attached hydrogens (tertiary/aromatic N) is 2. The van der Waals surface area contributed by atoms with Crippen LogP contribution in [0.2, 0.25) is 0 Å². The summed E-state index contributed by atoms with van der Waals surface area (Å²) in [5, 5.41) is 9.68. The van der Waals surface area contributed by atoms with Crippen molar-refractivity contribution in [3.05, 3.63) is 35.2 Å². The van der Waals surface area contributed by atoms with Gasteiger partial charge in [-0.05, 0) is 26.1 Å². The van der Waals surface area contributed by atoms with E-state index in [4.69, 9.17) is 4.74 Å². The van der Waals surface area contributed by atoms with E-state index >= 15 is 0 Å². The molecule has 1 aromatic rings. The van der Waals surface area contributed by atoms with Gasteiger partial charge in [0.25, 0.3) is 0 Å². The summed E-state index contributed by atoms with van der Waals surface area (Å²) in [7, 11) is 2.09. The lowest BCUT2D eigenvalue weighted by molar-refractivity contribution is 0.101. The van der Waals surface area contributed by atoms with E-state index in [0.29, 0.717) is 22.6 Å². The third-order valence-corrected chi connectivity index (χ3v) is 3.90. The second kappa shape index (κ2) is 4.83. The van der Waals surface area contributed by atoms with E-state index in [-0.39, 0.29) is 11.5 Å². The minimum Gasteiger partial charge on any atom is -0.508 e. The van der Waals surface area contributed by atoms with Gasteiger partial charge in [-0.15, -0.1) is 0 Å². The Labute approximate surface area is 118 Å². The Morgan fingerprint density at radius 3 is 2.65 bits per heavy atom. The summed E-state index contributed by atoms with van der Waals surface area (Å²) >= 11 is 0. The van der Waals surface area contributed by atoms with Crippen molar-refractivity contribution in [1.29, 1.82) is 0 Å². The molecule has 0 amide bonds. The summed E-state index contributed by atoms with van der Waals surface area (Å²) in [6.07, 6.45) is 1.80.